The molecule has 1 N–H and O–H groups in total. The van der Waals surface area contributed by atoms with Crippen LogP contribution < -0.4 is 4.74 Å². The monoisotopic (exact) mass is 526 g/mol. The highest BCUT2D eigenvalue weighted by Crippen LogP contribution is 2.35. The van der Waals surface area contributed by atoms with Gasteiger partial charge in [-0.15, -0.1) is 11.8 Å². The maximum atomic E-state index is 13.5. The smallest absolute Gasteiger partial charge is 0.123 e. The second kappa shape index (κ2) is 13.9. The molecular formula is C30H36F2N2O2S. The quantitative estimate of drug-likeness (QED) is 0.362. The Balaban J connectivity index is 1.25. The number of hydrogen-bond acceptors (Lipinski definition) is 5. The lowest BCUT2D eigenvalue weighted by molar-refractivity contribution is 0.114. The molecule has 1 aliphatic heterocycles. The SMILES string of the molecule is COc1ccc(CC(O)CN2CCCN(CCSC(c3ccc(F)cc3)c3ccc(F)cc3)CC2)cc1. The lowest BCUT2D eigenvalue weighted by Crippen LogP contribution is -2.37. The third-order valence-corrected chi connectivity index (χ3v) is 8.11. The Labute approximate surface area is 223 Å². The molecule has 3 aromatic rings. The molecule has 3 aromatic carbocycles. The van der Waals surface area contributed by atoms with E-state index < -0.39 is 6.10 Å². The summed E-state index contributed by atoms with van der Waals surface area (Å²) in [5.41, 5.74) is 3.15. The van der Waals surface area contributed by atoms with Crippen LogP contribution in [0.15, 0.2) is 72.8 Å². The second-order valence-corrected chi connectivity index (χ2v) is 10.8. The van der Waals surface area contributed by atoms with E-state index >= 15 is 0 Å². The third-order valence-electron chi connectivity index (χ3n) is 6.82. The number of β-amino-alcohol motifs (C(OH)–C–C–N with tert-alkyl or cyclic N) is 1. The Hall–Kier alpha value is -2.45. The average Bonchev–Trinajstić information content (AvgIpc) is 3.13. The van der Waals surface area contributed by atoms with Gasteiger partial charge in [-0.2, -0.15) is 0 Å². The first-order chi connectivity index (χ1) is 18.0. The standard InChI is InChI=1S/C30H36F2N2O2S/c1-36-29-13-3-23(4-14-29)21-28(35)22-34-16-2-15-33(17-18-34)19-20-37-30(24-5-9-26(31)10-6-24)25-7-11-27(32)12-8-25/h3-14,28,30,35H,2,15-22H2,1H3. The van der Waals surface area contributed by atoms with Crippen molar-refractivity contribution < 1.29 is 18.6 Å². The Morgan fingerprint density at radius 2 is 1.38 bits per heavy atom. The van der Waals surface area contributed by atoms with Crippen molar-refractivity contribution in [3.05, 3.63) is 101 Å². The normalized spacial score (nSPS) is 16.0. The Morgan fingerprint density at radius 3 is 1.97 bits per heavy atom. The van der Waals surface area contributed by atoms with Crippen LogP contribution in [-0.4, -0.2) is 73.1 Å². The molecule has 1 atom stereocenters. The molecule has 1 heterocycles. The molecule has 7 heteroatoms. The van der Waals surface area contributed by atoms with Crippen LogP contribution in [0.2, 0.25) is 0 Å². The van der Waals surface area contributed by atoms with Gasteiger partial charge in [-0.25, -0.2) is 8.78 Å². The molecule has 0 aromatic heterocycles. The van der Waals surface area contributed by atoms with Crippen molar-refractivity contribution in [1.82, 2.24) is 9.80 Å². The summed E-state index contributed by atoms with van der Waals surface area (Å²) in [6.45, 7) is 5.54. The molecular weight excluding hydrogens is 490 g/mol. The zero-order valence-electron chi connectivity index (χ0n) is 21.4. The summed E-state index contributed by atoms with van der Waals surface area (Å²) in [7, 11) is 1.65. The van der Waals surface area contributed by atoms with E-state index in [0.717, 1.165) is 67.3 Å². The predicted octanol–water partition coefficient (Wildman–Crippen LogP) is 5.41. The van der Waals surface area contributed by atoms with Gasteiger partial charge in [0.05, 0.1) is 18.5 Å². The molecule has 1 aliphatic rings. The summed E-state index contributed by atoms with van der Waals surface area (Å²) in [5, 5.41) is 10.7. The summed E-state index contributed by atoms with van der Waals surface area (Å²) in [5.74, 6) is 1.23. The number of halogens is 2. The molecule has 0 radical (unpaired) electrons. The van der Waals surface area contributed by atoms with Crippen molar-refractivity contribution in [3.8, 4) is 5.75 Å². The van der Waals surface area contributed by atoms with Gasteiger partial charge in [0.25, 0.3) is 0 Å². The van der Waals surface area contributed by atoms with Gasteiger partial charge in [-0.1, -0.05) is 36.4 Å². The first-order valence-corrected chi connectivity index (χ1v) is 13.9. The van der Waals surface area contributed by atoms with Gasteiger partial charge in [-0.05, 0) is 79.0 Å². The largest absolute Gasteiger partial charge is 0.497 e. The second-order valence-electron chi connectivity index (χ2n) is 9.56. The van der Waals surface area contributed by atoms with Gasteiger partial charge in [0.15, 0.2) is 0 Å². The van der Waals surface area contributed by atoms with E-state index in [-0.39, 0.29) is 16.9 Å². The minimum Gasteiger partial charge on any atom is -0.497 e. The molecule has 4 rings (SSSR count). The maximum Gasteiger partial charge on any atom is 0.123 e. The summed E-state index contributed by atoms with van der Waals surface area (Å²) in [4.78, 5) is 4.84. The number of aliphatic hydroxyl groups is 1. The predicted molar refractivity (Wildman–Crippen MR) is 147 cm³/mol. The van der Waals surface area contributed by atoms with E-state index in [9.17, 15) is 13.9 Å². The highest BCUT2D eigenvalue weighted by Gasteiger charge is 2.19. The zero-order valence-corrected chi connectivity index (χ0v) is 22.2. The van der Waals surface area contributed by atoms with Crippen LogP contribution in [0.5, 0.6) is 5.75 Å². The molecule has 0 amide bonds. The van der Waals surface area contributed by atoms with Gasteiger partial charge in [-0.3, -0.25) is 4.90 Å². The van der Waals surface area contributed by atoms with Gasteiger partial charge in [0.1, 0.15) is 17.4 Å². The van der Waals surface area contributed by atoms with Crippen LogP contribution in [-0.2, 0) is 6.42 Å². The van der Waals surface area contributed by atoms with E-state index in [1.54, 1.807) is 18.9 Å². The number of methoxy groups -OCH3 is 1. The van der Waals surface area contributed by atoms with Crippen molar-refractivity contribution in [2.75, 3.05) is 52.1 Å². The van der Waals surface area contributed by atoms with E-state index in [1.165, 1.54) is 24.3 Å². The summed E-state index contributed by atoms with van der Waals surface area (Å²) >= 11 is 1.81. The fourth-order valence-corrected chi connectivity index (χ4v) is 6.09. The van der Waals surface area contributed by atoms with Crippen LogP contribution in [0, 0.1) is 11.6 Å². The van der Waals surface area contributed by atoms with Crippen molar-refractivity contribution in [1.29, 1.82) is 0 Å². The number of aliphatic hydroxyl groups excluding tert-OH is 1. The van der Waals surface area contributed by atoms with Crippen molar-refractivity contribution in [3.63, 3.8) is 0 Å². The molecule has 0 aliphatic carbocycles. The van der Waals surface area contributed by atoms with Crippen LogP contribution in [0.4, 0.5) is 8.78 Å². The molecule has 4 nitrogen and oxygen atoms in total. The summed E-state index contributed by atoms with van der Waals surface area (Å²) in [6.07, 6.45) is 1.30. The molecule has 1 saturated heterocycles. The lowest BCUT2D eigenvalue weighted by Gasteiger charge is -2.24. The van der Waals surface area contributed by atoms with Crippen LogP contribution in [0.3, 0.4) is 0 Å². The van der Waals surface area contributed by atoms with E-state index in [1.807, 2.05) is 48.5 Å². The minimum absolute atomic E-state index is 0.0257. The Morgan fingerprint density at radius 1 is 0.811 bits per heavy atom. The number of hydrogen-bond donors (Lipinski definition) is 1. The van der Waals surface area contributed by atoms with Gasteiger partial charge >= 0.3 is 0 Å². The Kier molecular flexibility index (Phi) is 10.4. The fourth-order valence-electron chi connectivity index (χ4n) is 4.79. The number of thioether (sulfide) groups is 1. The molecule has 0 spiro atoms. The highest BCUT2D eigenvalue weighted by molar-refractivity contribution is 7.99. The molecule has 198 valence electrons. The Bertz CT molecular complexity index is 1030. The van der Waals surface area contributed by atoms with E-state index in [4.69, 9.17) is 4.74 Å². The summed E-state index contributed by atoms with van der Waals surface area (Å²) < 4.78 is 32.2. The maximum absolute atomic E-state index is 13.5. The summed E-state index contributed by atoms with van der Waals surface area (Å²) in [6, 6.07) is 21.1. The van der Waals surface area contributed by atoms with Crippen LogP contribution in [0.1, 0.15) is 28.4 Å². The van der Waals surface area contributed by atoms with E-state index in [2.05, 4.69) is 9.80 Å². The number of benzene rings is 3. The number of ether oxygens (including phenoxy) is 1. The topological polar surface area (TPSA) is 35.9 Å². The average molecular weight is 527 g/mol. The van der Waals surface area contributed by atoms with Crippen molar-refractivity contribution in [2.45, 2.75) is 24.2 Å². The number of nitrogens with zero attached hydrogens (tertiary/aromatic N) is 2. The fraction of sp³-hybridized carbons (Fsp3) is 0.400. The van der Waals surface area contributed by atoms with Crippen molar-refractivity contribution in [2.24, 2.45) is 0 Å². The van der Waals surface area contributed by atoms with Gasteiger partial charge in [0, 0.05) is 31.9 Å². The third kappa shape index (κ3) is 8.54. The molecule has 0 saturated carbocycles. The minimum atomic E-state index is -0.400. The molecule has 0 bridgehead atoms. The van der Waals surface area contributed by atoms with Crippen molar-refractivity contribution >= 4 is 11.8 Å². The highest BCUT2D eigenvalue weighted by atomic mass is 32.2. The zero-order chi connectivity index (χ0) is 26.0. The van der Waals surface area contributed by atoms with Crippen LogP contribution in [0.25, 0.3) is 0 Å². The molecule has 37 heavy (non-hydrogen) atoms. The molecule has 1 fully saturated rings. The first-order valence-electron chi connectivity index (χ1n) is 12.9. The van der Waals surface area contributed by atoms with Crippen LogP contribution >= 0.6 is 11.8 Å². The lowest BCUT2D eigenvalue weighted by atomic mass is 10.0. The van der Waals surface area contributed by atoms with E-state index in [0.29, 0.717) is 13.0 Å². The van der Waals surface area contributed by atoms with Gasteiger partial charge in [0.2, 0.25) is 0 Å². The van der Waals surface area contributed by atoms with Gasteiger partial charge < -0.3 is 14.7 Å². The first kappa shape index (κ1) is 27.6. The molecule has 1 unspecified atom stereocenters. The number of rotatable bonds is 11.